The lowest BCUT2D eigenvalue weighted by Crippen LogP contribution is -2.13. The highest BCUT2D eigenvalue weighted by molar-refractivity contribution is 9.10. The van der Waals surface area contributed by atoms with Gasteiger partial charge in [0.15, 0.2) is 0 Å². The van der Waals surface area contributed by atoms with Gasteiger partial charge in [0, 0.05) is 9.50 Å². The molecule has 0 aliphatic heterocycles. The van der Waals surface area contributed by atoms with Gasteiger partial charge in [-0.15, -0.1) is 0 Å². The summed E-state index contributed by atoms with van der Waals surface area (Å²) in [6.07, 6.45) is 0. The minimum absolute atomic E-state index is 0.162. The predicted octanol–water partition coefficient (Wildman–Crippen LogP) is 4.87. The van der Waals surface area contributed by atoms with Gasteiger partial charge in [-0.05, 0) is 47.1 Å². The quantitative estimate of drug-likeness (QED) is 0.755. The lowest BCUT2D eigenvalue weighted by molar-refractivity contribution is 0.601. The molecule has 0 amide bonds. The average Bonchev–Trinajstić information content (AvgIpc) is 2.35. The maximum atomic E-state index is 12.3. The van der Waals surface area contributed by atoms with E-state index in [-0.39, 0.29) is 15.6 Å². The second kappa shape index (κ2) is 5.93. The van der Waals surface area contributed by atoms with E-state index in [4.69, 9.17) is 23.2 Å². The van der Waals surface area contributed by atoms with Crippen molar-refractivity contribution in [2.24, 2.45) is 0 Å². The van der Waals surface area contributed by atoms with Crippen molar-refractivity contribution in [1.82, 2.24) is 0 Å². The minimum Gasteiger partial charge on any atom is -0.278 e. The molecule has 0 aliphatic rings. The van der Waals surface area contributed by atoms with Crippen LogP contribution in [0.25, 0.3) is 0 Å². The van der Waals surface area contributed by atoms with Crippen molar-refractivity contribution in [1.29, 1.82) is 0 Å². The maximum Gasteiger partial charge on any atom is 0.261 e. The van der Waals surface area contributed by atoms with E-state index in [1.165, 1.54) is 18.2 Å². The van der Waals surface area contributed by atoms with Crippen molar-refractivity contribution in [2.45, 2.75) is 11.8 Å². The topological polar surface area (TPSA) is 46.2 Å². The third-order valence-corrected chi connectivity index (χ3v) is 5.43. The van der Waals surface area contributed by atoms with E-state index < -0.39 is 10.0 Å². The zero-order chi connectivity index (χ0) is 14.9. The third kappa shape index (κ3) is 3.47. The molecule has 0 radical (unpaired) electrons. The van der Waals surface area contributed by atoms with Gasteiger partial charge < -0.3 is 0 Å². The van der Waals surface area contributed by atoms with Crippen molar-refractivity contribution in [3.05, 3.63) is 56.5 Å². The summed E-state index contributed by atoms with van der Waals surface area (Å²) in [5, 5.41) is 0.632. The van der Waals surface area contributed by atoms with Crippen LogP contribution in [0.4, 0.5) is 5.69 Å². The Morgan fingerprint density at radius 3 is 2.30 bits per heavy atom. The molecule has 0 aromatic heterocycles. The zero-order valence-corrected chi connectivity index (χ0v) is 14.2. The Balaban J connectivity index is 2.41. The van der Waals surface area contributed by atoms with Crippen LogP contribution < -0.4 is 4.72 Å². The number of halogens is 3. The normalized spacial score (nSPS) is 11.4. The molecule has 0 aliphatic carbocycles. The molecular formula is C13H10BrCl2NO2S. The first-order valence-corrected chi connectivity index (χ1v) is 8.57. The Kier molecular flexibility index (Phi) is 4.64. The summed E-state index contributed by atoms with van der Waals surface area (Å²) in [5.74, 6) is 0. The summed E-state index contributed by atoms with van der Waals surface area (Å²) < 4.78 is 27.5. The molecule has 0 heterocycles. The third-order valence-electron chi connectivity index (χ3n) is 2.57. The SMILES string of the molecule is Cc1ccc(S(=O)(=O)Nc2cc(Cl)cc(Br)c2Cl)cc1. The summed E-state index contributed by atoms with van der Waals surface area (Å²) in [6, 6.07) is 9.57. The van der Waals surface area contributed by atoms with E-state index in [0.717, 1.165) is 5.56 Å². The molecule has 7 heteroatoms. The van der Waals surface area contributed by atoms with E-state index in [1.807, 2.05) is 6.92 Å². The molecular weight excluding hydrogens is 385 g/mol. The molecule has 0 fully saturated rings. The highest BCUT2D eigenvalue weighted by Gasteiger charge is 2.17. The molecule has 106 valence electrons. The van der Waals surface area contributed by atoms with Crippen LogP contribution >= 0.6 is 39.1 Å². The van der Waals surface area contributed by atoms with Crippen LogP contribution in [0.5, 0.6) is 0 Å². The molecule has 1 N–H and O–H groups in total. The number of nitrogens with one attached hydrogen (secondary N) is 1. The van der Waals surface area contributed by atoms with Crippen molar-refractivity contribution in [3.63, 3.8) is 0 Å². The maximum absolute atomic E-state index is 12.3. The molecule has 3 nitrogen and oxygen atoms in total. The van der Waals surface area contributed by atoms with Crippen LogP contribution in [0.15, 0.2) is 45.8 Å². The highest BCUT2D eigenvalue weighted by atomic mass is 79.9. The Labute approximate surface area is 136 Å². The van der Waals surface area contributed by atoms with E-state index in [9.17, 15) is 8.42 Å². The lowest BCUT2D eigenvalue weighted by atomic mass is 10.2. The van der Waals surface area contributed by atoms with Gasteiger partial charge in [-0.2, -0.15) is 0 Å². The predicted molar refractivity (Wildman–Crippen MR) is 86.1 cm³/mol. The van der Waals surface area contributed by atoms with Crippen LogP contribution in [-0.4, -0.2) is 8.42 Å². The summed E-state index contributed by atoms with van der Waals surface area (Å²) in [6.45, 7) is 1.88. The number of anilines is 1. The van der Waals surface area contributed by atoms with Crippen LogP contribution in [0.3, 0.4) is 0 Å². The van der Waals surface area contributed by atoms with Gasteiger partial charge in [-0.25, -0.2) is 8.42 Å². The second-order valence-electron chi connectivity index (χ2n) is 4.17. The van der Waals surface area contributed by atoms with Crippen LogP contribution in [0.1, 0.15) is 5.56 Å². The number of hydrogen-bond donors (Lipinski definition) is 1. The number of hydrogen-bond acceptors (Lipinski definition) is 2. The minimum atomic E-state index is -3.70. The second-order valence-corrected chi connectivity index (χ2v) is 7.52. The number of aryl methyl sites for hydroxylation is 1. The van der Waals surface area contributed by atoms with Gasteiger partial charge in [0.1, 0.15) is 0 Å². The lowest BCUT2D eigenvalue weighted by Gasteiger charge is -2.11. The summed E-state index contributed by atoms with van der Waals surface area (Å²) in [5.41, 5.74) is 1.21. The number of benzene rings is 2. The Morgan fingerprint density at radius 1 is 1.10 bits per heavy atom. The molecule has 2 aromatic rings. The van der Waals surface area contributed by atoms with Crippen molar-refractivity contribution in [2.75, 3.05) is 4.72 Å². The fourth-order valence-electron chi connectivity index (χ4n) is 1.55. The summed E-state index contributed by atoms with van der Waals surface area (Å²) in [7, 11) is -3.70. The monoisotopic (exact) mass is 393 g/mol. The standard InChI is InChI=1S/C13H10BrCl2NO2S/c1-8-2-4-10(5-3-8)20(18,19)17-12-7-9(15)6-11(14)13(12)16/h2-7,17H,1H3. The summed E-state index contributed by atoms with van der Waals surface area (Å²) >= 11 is 15.2. The highest BCUT2D eigenvalue weighted by Crippen LogP contribution is 2.34. The molecule has 2 rings (SSSR count). The Hall–Kier alpha value is -0.750. The zero-order valence-electron chi connectivity index (χ0n) is 10.3. The fourth-order valence-corrected chi connectivity index (χ4v) is 3.64. The fraction of sp³-hybridized carbons (Fsp3) is 0.0769. The Bertz CT molecular complexity index is 746. The van der Waals surface area contributed by atoms with Gasteiger partial charge in [0.05, 0.1) is 15.6 Å². The van der Waals surface area contributed by atoms with Crippen LogP contribution in [-0.2, 0) is 10.0 Å². The van der Waals surface area contributed by atoms with Gasteiger partial charge in [0.25, 0.3) is 10.0 Å². The molecule has 0 saturated heterocycles. The van der Waals surface area contributed by atoms with Crippen molar-refractivity contribution >= 4 is 54.8 Å². The first-order chi connectivity index (χ1) is 9.29. The van der Waals surface area contributed by atoms with Gasteiger partial charge in [-0.1, -0.05) is 40.9 Å². The molecule has 0 atom stereocenters. The largest absolute Gasteiger partial charge is 0.278 e. The average molecular weight is 395 g/mol. The molecule has 0 spiro atoms. The molecule has 0 bridgehead atoms. The molecule has 2 aromatic carbocycles. The van der Waals surface area contributed by atoms with Crippen LogP contribution in [0.2, 0.25) is 10.0 Å². The molecule has 0 unspecified atom stereocenters. The first-order valence-electron chi connectivity index (χ1n) is 5.53. The smallest absolute Gasteiger partial charge is 0.261 e. The van der Waals surface area contributed by atoms with Crippen molar-refractivity contribution < 1.29 is 8.42 Å². The van der Waals surface area contributed by atoms with E-state index in [1.54, 1.807) is 18.2 Å². The van der Waals surface area contributed by atoms with E-state index >= 15 is 0 Å². The Morgan fingerprint density at radius 2 is 1.70 bits per heavy atom. The van der Waals surface area contributed by atoms with E-state index in [2.05, 4.69) is 20.7 Å². The molecule has 20 heavy (non-hydrogen) atoms. The number of sulfonamides is 1. The van der Waals surface area contributed by atoms with Crippen molar-refractivity contribution in [3.8, 4) is 0 Å². The number of rotatable bonds is 3. The van der Waals surface area contributed by atoms with Crippen LogP contribution in [0, 0.1) is 6.92 Å². The summed E-state index contributed by atoms with van der Waals surface area (Å²) in [4.78, 5) is 0.162. The first kappa shape index (κ1) is 15.6. The van der Waals surface area contributed by atoms with Gasteiger partial charge >= 0.3 is 0 Å². The van der Waals surface area contributed by atoms with E-state index in [0.29, 0.717) is 9.50 Å². The van der Waals surface area contributed by atoms with Gasteiger partial charge in [-0.3, -0.25) is 4.72 Å². The molecule has 0 saturated carbocycles. The van der Waals surface area contributed by atoms with Gasteiger partial charge in [0.2, 0.25) is 0 Å².